The first kappa shape index (κ1) is 14.8. The van der Waals surface area contributed by atoms with Crippen molar-refractivity contribution in [1.82, 2.24) is 0 Å². The zero-order valence-electron chi connectivity index (χ0n) is 10.9. The predicted octanol–water partition coefficient (Wildman–Crippen LogP) is 4.06. The van der Waals surface area contributed by atoms with Crippen LogP contribution >= 0.6 is 11.8 Å². The van der Waals surface area contributed by atoms with Crippen molar-refractivity contribution in [3.8, 4) is 0 Å². The quantitative estimate of drug-likeness (QED) is 0.439. The molecule has 4 nitrogen and oxygen atoms in total. The highest BCUT2D eigenvalue weighted by molar-refractivity contribution is 7.98. The van der Waals surface area contributed by atoms with E-state index in [1.807, 2.05) is 18.8 Å². The Morgan fingerprint density at radius 1 is 1.39 bits per heavy atom. The molecule has 0 aliphatic carbocycles. The maximum absolute atomic E-state index is 10.7. The molecule has 1 rings (SSSR count). The maximum atomic E-state index is 10.7. The lowest BCUT2D eigenvalue weighted by atomic mass is 10.2. The molecule has 0 amide bonds. The average molecular weight is 268 g/mol. The van der Waals surface area contributed by atoms with E-state index in [0.29, 0.717) is 0 Å². The Morgan fingerprint density at radius 2 is 2.17 bits per heavy atom. The van der Waals surface area contributed by atoms with Crippen molar-refractivity contribution in [3.63, 3.8) is 0 Å². The summed E-state index contributed by atoms with van der Waals surface area (Å²) >= 11 is 1.83. The van der Waals surface area contributed by atoms with Gasteiger partial charge in [-0.1, -0.05) is 19.8 Å². The third-order valence-electron chi connectivity index (χ3n) is 2.72. The zero-order valence-corrected chi connectivity index (χ0v) is 11.8. The lowest BCUT2D eigenvalue weighted by Gasteiger charge is -2.08. The Kier molecular flexibility index (Phi) is 6.57. The number of non-ortho nitro benzene ring substituents is 1. The van der Waals surface area contributed by atoms with E-state index in [2.05, 4.69) is 12.2 Å². The van der Waals surface area contributed by atoms with Crippen LogP contribution in [-0.2, 0) is 5.75 Å². The predicted molar refractivity (Wildman–Crippen MR) is 78.3 cm³/mol. The Morgan fingerprint density at radius 3 is 2.78 bits per heavy atom. The molecule has 0 saturated heterocycles. The van der Waals surface area contributed by atoms with E-state index >= 15 is 0 Å². The van der Waals surface area contributed by atoms with E-state index in [1.54, 1.807) is 12.1 Å². The van der Waals surface area contributed by atoms with Gasteiger partial charge in [-0.3, -0.25) is 10.1 Å². The van der Waals surface area contributed by atoms with E-state index in [4.69, 9.17) is 0 Å². The van der Waals surface area contributed by atoms with Crippen LogP contribution in [0.3, 0.4) is 0 Å². The van der Waals surface area contributed by atoms with Crippen LogP contribution in [-0.4, -0.2) is 17.7 Å². The Labute approximate surface area is 112 Å². The van der Waals surface area contributed by atoms with Gasteiger partial charge in [-0.05, 0) is 23.8 Å². The van der Waals surface area contributed by atoms with Crippen molar-refractivity contribution < 1.29 is 4.92 Å². The molecule has 1 aromatic carbocycles. The SMILES string of the molecule is CCCCCSCc1cc([N+](=O)[O-])ccc1NC. The first-order valence-corrected chi connectivity index (χ1v) is 7.37. The summed E-state index contributed by atoms with van der Waals surface area (Å²) in [5.41, 5.74) is 2.15. The topological polar surface area (TPSA) is 55.2 Å². The maximum Gasteiger partial charge on any atom is 0.269 e. The molecule has 0 aromatic heterocycles. The summed E-state index contributed by atoms with van der Waals surface area (Å²) in [5, 5.41) is 13.8. The number of hydrogen-bond acceptors (Lipinski definition) is 4. The van der Waals surface area contributed by atoms with Crippen LogP contribution in [0.2, 0.25) is 0 Å². The summed E-state index contributed by atoms with van der Waals surface area (Å²) in [6, 6.07) is 4.98. The highest BCUT2D eigenvalue weighted by Crippen LogP contribution is 2.26. The fourth-order valence-corrected chi connectivity index (χ4v) is 2.70. The summed E-state index contributed by atoms with van der Waals surface area (Å²) in [6.45, 7) is 2.18. The Hall–Kier alpha value is -1.23. The molecule has 0 radical (unpaired) electrons. The number of thioether (sulfide) groups is 1. The second-order valence-electron chi connectivity index (χ2n) is 4.11. The van der Waals surface area contributed by atoms with Crippen LogP contribution in [0.15, 0.2) is 18.2 Å². The molecule has 1 N–H and O–H groups in total. The number of anilines is 1. The number of benzene rings is 1. The zero-order chi connectivity index (χ0) is 13.4. The van der Waals surface area contributed by atoms with Gasteiger partial charge in [-0.15, -0.1) is 0 Å². The van der Waals surface area contributed by atoms with Gasteiger partial charge in [0.1, 0.15) is 0 Å². The minimum absolute atomic E-state index is 0.165. The highest BCUT2D eigenvalue weighted by atomic mass is 32.2. The minimum atomic E-state index is -0.343. The molecule has 0 atom stereocenters. The first-order chi connectivity index (χ1) is 8.69. The second kappa shape index (κ2) is 7.97. The van der Waals surface area contributed by atoms with E-state index in [-0.39, 0.29) is 10.6 Å². The molecule has 18 heavy (non-hydrogen) atoms. The number of unbranched alkanes of at least 4 members (excludes halogenated alkanes) is 2. The number of hydrogen-bond donors (Lipinski definition) is 1. The molecule has 0 spiro atoms. The molecule has 0 aliphatic rings. The number of nitro groups is 1. The minimum Gasteiger partial charge on any atom is -0.388 e. The van der Waals surface area contributed by atoms with Crippen LogP contribution in [0, 0.1) is 10.1 Å². The van der Waals surface area contributed by atoms with E-state index in [1.165, 1.54) is 25.3 Å². The van der Waals surface area contributed by atoms with Crippen molar-refractivity contribution in [3.05, 3.63) is 33.9 Å². The van der Waals surface area contributed by atoms with Crippen molar-refractivity contribution in [2.24, 2.45) is 0 Å². The van der Waals surface area contributed by atoms with Gasteiger partial charge in [0.05, 0.1) is 4.92 Å². The highest BCUT2D eigenvalue weighted by Gasteiger charge is 2.09. The average Bonchev–Trinajstić information content (AvgIpc) is 2.38. The number of rotatable bonds is 8. The van der Waals surface area contributed by atoms with Crippen LogP contribution in [0.25, 0.3) is 0 Å². The third-order valence-corrected chi connectivity index (χ3v) is 3.81. The van der Waals surface area contributed by atoms with Gasteiger partial charge in [-0.25, -0.2) is 0 Å². The Balaban J connectivity index is 2.61. The van der Waals surface area contributed by atoms with Crippen molar-refractivity contribution >= 4 is 23.1 Å². The van der Waals surface area contributed by atoms with Gasteiger partial charge in [0.2, 0.25) is 0 Å². The second-order valence-corrected chi connectivity index (χ2v) is 5.21. The van der Waals surface area contributed by atoms with Crippen LogP contribution in [0.5, 0.6) is 0 Å². The lowest BCUT2D eigenvalue weighted by molar-refractivity contribution is -0.384. The molecule has 0 fully saturated rings. The Bertz CT molecular complexity index is 397. The van der Waals surface area contributed by atoms with Gasteiger partial charge in [0.25, 0.3) is 5.69 Å². The molecule has 100 valence electrons. The third kappa shape index (κ3) is 4.56. The van der Waals surface area contributed by atoms with Crippen LogP contribution < -0.4 is 5.32 Å². The molecule has 0 saturated carbocycles. The number of nitrogens with zero attached hydrogens (tertiary/aromatic N) is 1. The van der Waals surface area contributed by atoms with Crippen LogP contribution in [0.4, 0.5) is 11.4 Å². The van der Waals surface area contributed by atoms with Crippen molar-refractivity contribution in [2.45, 2.75) is 31.9 Å². The van der Waals surface area contributed by atoms with Gasteiger partial charge < -0.3 is 5.32 Å². The molecule has 0 unspecified atom stereocenters. The molecular weight excluding hydrogens is 248 g/mol. The monoisotopic (exact) mass is 268 g/mol. The first-order valence-electron chi connectivity index (χ1n) is 6.21. The van der Waals surface area contributed by atoms with E-state index < -0.39 is 0 Å². The fraction of sp³-hybridized carbons (Fsp3) is 0.538. The van der Waals surface area contributed by atoms with Crippen molar-refractivity contribution in [2.75, 3.05) is 18.1 Å². The number of nitro benzene ring substituents is 1. The summed E-state index contributed by atoms with van der Waals surface area (Å²) < 4.78 is 0. The van der Waals surface area contributed by atoms with Gasteiger partial charge in [0.15, 0.2) is 0 Å². The molecule has 5 heteroatoms. The summed E-state index contributed by atoms with van der Waals surface area (Å²) in [7, 11) is 1.84. The fourth-order valence-electron chi connectivity index (χ4n) is 1.69. The summed E-state index contributed by atoms with van der Waals surface area (Å²) in [5.74, 6) is 1.93. The lowest BCUT2D eigenvalue weighted by Crippen LogP contribution is -1.97. The molecule has 0 aliphatic heterocycles. The molecule has 1 aromatic rings. The van der Waals surface area contributed by atoms with E-state index in [0.717, 1.165) is 22.8 Å². The largest absolute Gasteiger partial charge is 0.388 e. The summed E-state index contributed by atoms with van der Waals surface area (Å²) in [4.78, 5) is 10.4. The van der Waals surface area contributed by atoms with Crippen molar-refractivity contribution in [1.29, 1.82) is 0 Å². The standard InChI is InChI=1S/C13H20N2O2S/c1-3-4-5-8-18-10-11-9-12(15(16)17)6-7-13(11)14-2/h6-7,9,14H,3-5,8,10H2,1-2H3. The number of nitrogens with one attached hydrogen (secondary N) is 1. The van der Waals surface area contributed by atoms with Gasteiger partial charge in [0, 0.05) is 30.6 Å². The molecule has 0 heterocycles. The smallest absolute Gasteiger partial charge is 0.269 e. The van der Waals surface area contributed by atoms with Gasteiger partial charge >= 0.3 is 0 Å². The van der Waals surface area contributed by atoms with Crippen LogP contribution in [0.1, 0.15) is 31.7 Å². The molecular formula is C13H20N2O2S. The molecule has 0 bridgehead atoms. The van der Waals surface area contributed by atoms with Gasteiger partial charge in [-0.2, -0.15) is 11.8 Å². The normalized spacial score (nSPS) is 10.3. The summed E-state index contributed by atoms with van der Waals surface area (Å²) in [6.07, 6.45) is 3.69. The van der Waals surface area contributed by atoms with E-state index in [9.17, 15) is 10.1 Å².